The number of fused-ring (bicyclic) bond motifs is 1. The number of benzene rings is 1. The van der Waals surface area contributed by atoms with E-state index in [1.54, 1.807) is 0 Å². The first kappa shape index (κ1) is 10.3. The van der Waals surface area contributed by atoms with Crippen LogP contribution in [0, 0.1) is 0 Å². The maximum absolute atomic E-state index is 4.47. The third-order valence-electron chi connectivity index (χ3n) is 3.28. The molecule has 1 aliphatic carbocycles. The summed E-state index contributed by atoms with van der Waals surface area (Å²) >= 11 is 0. The standard InChI is InChI=1S/C15H16N2/c1-2-7-13(8-3-1)17-15-14-9-5-4-6-12(14)10-11-16-15/h1-2,4-6,9-11,13H,3,7-8H2,(H,16,17). The first-order chi connectivity index (χ1) is 8.43. The predicted molar refractivity (Wildman–Crippen MR) is 72.1 cm³/mol. The van der Waals surface area contributed by atoms with Gasteiger partial charge in [0.2, 0.25) is 0 Å². The van der Waals surface area contributed by atoms with Crippen molar-refractivity contribution in [2.45, 2.75) is 25.3 Å². The molecule has 3 rings (SSSR count). The number of pyridine rings is 1. The third kappa shape index (κ3) is 2.16. The molecule has 0 fully saturated rings. The van der Waals surface area contributed by atoms with Crippen LogP contribution in [0.5, 0.6) is 0 Å². The van der Waals surface area contributed by atoms with E-state index in [2.05, 4.69) is 52.8 Å². The lowest BCUT2D eigenvalue weighted by Crippen LogP contribution is -2.21. The Labute approximate surface area is 101 Å². The number of nitrogens with zero attached hydrogens (tertiary/aromatic N) is 1. The van der Waals surface area contributed by atoms with Crippen LogP contribution >= 0.6 is 0 Å². The zero-order valence-corrected chi connectivity index (χ0v) is 9.76. The normalized spacial score (nSPS) is 19.4. The summed E-state index contributed by atoms with van der Waals surface area (Å²) in [5, 5.41) is 6.02. The molecule has 2 aromatic rings. The average Bonchev–Trinajstić information content (AvgIpc) is 2.40. The Kier molecular flexibility index (Phi) is 2.78. The van der Waals surface area contributed by atoms with E-state index in [1.807, 2.05) is 6.20 Å². The molecule has 0 saturated carbocycles. The van der Waals surface area contributed by atoms with Crippen LogP contribution in [0.25, 0.3) is 10.8 Å². The number of rotatable bonds is 2. The van der Waals surface area contributed by atoms with Crippen LogP contribution in [0.2, 0.25) is 0 Å². The number of anilines is 1. The first-order valence-corrected chi connectivity index (χ1v) is 6.19. The summed E-state index contributed by atoms with van der Waals surface area (Å²) < 4.78 is 0. The maximum Gasteiger partial charge on any atom is 0.134 e. The van der Waals surface area contributed by atoms with E-state index < -0.39 is 0 Å². The SMILES string of the molecule is C1=CCC(Nc2nccc3ccccc23)CC1. The quantitative estimate of drug-likeness (QED) is 0.786. The fraction of sp³-hybridized carbons (Fsp3) is 0.267. The summed E-state index contributed by atoms with van der Waals surface area (Å²) in [7, 11) is 0. The Morgan fingerprint density at radius 2 is 2.06 bits per heavy atom. The molecule has 1 aromatic carbocycles. The number of hydrogen-bond acceptors (Lipinski definition) is 2. The zero-order chi connectivity index (χ0) is 11.5. The largest absolute Gasteiger partial charge is 0.367 e. The minimum Gasteiger partial charge on any atom is -0.367 e. The van der Waals surface area contributed by atoms with Gasteiger partial charge in [-0.05, 0) is 30.7 Å². The Bertz CT molecular complexity index is 540. The van der Waals surface area contributed by atoms with E-state index in [0.717, 1.165) is 12.2 Å². The average molecular weight is 224 g/mol. The molecule has 1 heterocycles. The van der Waals surface area contributed by atoms with E-state index in [4.69, 9.17) is 0 Å². The van der Waals surface area contributed by atoms with Gasteiger partial charge < -0.3 is 5.32 Å². The summed E-state index contributed by atoms with van der Waals surface area (Å²) in [5.74, 6) is 1.02. The minimum atomic E-state index is 0.526. The molecule has 2 nitrogen and oxygen atoms in total. The molecule has 0 amide bonds. The number of aromatic nitrogens is 1. The van der Waals surface area contributed by atoms with E-state index in [-0.39, 0.29) is 0 Å². The van der Waals surface area contributed by atoms with Crippen molar-refractivity contribution in [3.63, 3.8) is 0 Å². The topological polar surface area (TPSA) is 24.9 Å². The molecule has 86 valence electrons. The molecular formula is C15H16N2. The van der Waals surface area contributed by atoms with Crippen LogP contribution in [-0.2, 0) is 0 Å². The summed E-state index contributed by atoms with van der Waals surface area (Å²) in [6.45, 7) is 0. The molecule has 1 N–H and O–H groups in total. The zero-order valence-electron chi connectivity index (χ0n) is 9.76. The van der Waals surface area contributed by atoms with Crippen molar-refractivity contribution in [1.29, 1.82) is 0 Å². The van der Waals surface area contributed by atoms with E-state index in [1.165, 1.54) is 23.6 Å². The van der Waals surface area contributed by atoms with Crippen molar-refractivity contribution >= 4 is 16.6 Å². The van der Waals surface area contributed by atoms with Crippen LogP contribution in [0.1, 0.15) is 19.3 Å². The molecule has 0 spiro atoms. The van der Waals surface area contributed by atoms with Gasteiger partial charge in [0.15, 0.2) is 0 Å². The molecule has 1 atom stereocenters. The molecule has 0 saturated heterocycles. The number of nitrogens with one attached hydrogen (secondary N) is 1. The lowest BCUT2D eigenvalue weighted by Gasteiger charge is -2.20. The highest BCUT2D eigenvalue weighted by atomic mass is 15.0. The second-order valence-electron chi connectivity index (χ2n) is 4.51. The third-order valence-corrected chi connectivity index (χ3v) is 3.28. The lowest BCUT2D eigenvalue weighted by molar-refractivity contribution is 0.643. The highest BCUT2D eigenvalue weighted by molar-refractivity contribution is 5.91. The van der Waals surface area contributed by atoms with Gasteiger partial charge in [-0.1, -0.05) is 36.4 Å². The van der Waals surface area contributed by atoms with Gasteiger partial charge in [-0.2, -0.15) is 0 Å². The molecule has 17 heavy (non-hydrogen) atoms. The minimum absolute atomic E-state index is 0.526. The second kappa shape index (κ2) is 4.58. The van der Waals surface area contributed by atoms with Crippen LogP contribution in [0.3, 0.4) is 0 Å². The lowest BCUT2D eigenvalue weighted by atomic mass is 10.0. The highest BCUT2D eigenvalue weighted by Gasteiger charge is 2.11. The highest BCUT2D eigenvalue weighted by Crippen LogP contribution is 2.23. The summed E-state index contributed by atoms with van der Waals surface area (Å²) in [6, 6.07) is 11.0. The fourth-order valence-corrected chi connectivity index (χ4v) is 2.35. The smallest absolute Gasteiger partial charge is 0.134 e. The van der Waals surface area contributed by atoms with Gasteiger partial charge in [0.1, 0.15) is 5.82 Å². The molecular weight excluding hydrogens is 208 g/mol. The van der Waals surface area contributed by atoms with E-state index >= 15 is 0 Å². The fourth-order valence-electron chi connectivity index (χ4n) is 2.35. The Morgan fingerprint density at radius 3 is 2.94 bits per heavy atom. The molecule has 0 bridgehead atoms. The van der Waals surface area contributed by atoms with E-state index in [0.29, 0.717) is 6.04 Å². The molecule has 0 radical (unpaired) electrons. The molecule has 2 heteroatoms. The van der Waals surface area contributed by atoms with Crippen molar-refractivity contribution < 1.29 is 0 Å². The van der Waals surface area contributed by atoms with Crippen molar-refractivity contribution in [2.24, 2.45) is 0 Å². The summed E-state index contributed by atoms with van der Waals surface area (Å²) in [5.41, 5.74) is 0. The molecule has 0 aliphatic heterocycles. The van der Waals surface area contributed by atoms with Gasteiger partial charge in [-0.25, -0.2) is 4.98 Å². The Morgan fingerprint density at radius 1 is 1.12 bits per heavy atom. The van der Waals surface area contributed by atoms with Gasteiger partial charge in [-0.3, -0.25) is 0 Å². The van der Waals surface area contributed by atoms with Crippen molar-refractivity contribution in [3.05, 3.63) is 48.7 Å². The predicted octanol–water partition coefficient (Wildman–Crippen LogP) is 3.76. The molecule has 1 aliphatic rings. The molecule has 1 aromatic heterocycles. The van der Waals surface area contributed by atoms with Crippen LogP contribution in [0.15, 0.2) is 48.7 Å². The van der Waals surface area contributed by atoms with Gasteiger partial charge in [0.25, 0.3) is 0 Å². The van der Waals surface area contributed by atoms with Gasteiger partial charge in [-0.15, -0.1) is 0 Å². The number of hydrogen-bond donors (Lipinski definition) is 1. The number of allylic oxidation sites excluding steroid dienone is 1. The van der Waals surface area contributed by atoms with Gasteiger partial charge in [0, 0.05) is 17.6 Å². The maximum atomic E-state index is 4.47. The van der Waals surface area contributed by atoms with Crippen LogP contribution < -0.4 is 5.32 Å². The second-order valence-corrected chi connectivity index (χ2v) is 4.51. The summed E-state index contributed by atoms with van der Waals surface area (Å²) in [6.07, 6.45) is 9.86. The Balaban J connectivity index is 1.92. The van der Waals surface area contributed by atoms with Crippen molar-refractivity contribution in [3.8, 4) is 0 Å². The van der Waals surface area contributed by atoms with Crippen LogP contribution in [-0.4, -0.2) is 11.0 Å². The van der Waals surface area contributed by atoms with Gasteiger partial charge in [0.05, 0.1) is 0 Å². The molecule has 1 unspecified atom stereocenters. The first-order valence-electron chi connectivity index (χ1n) is 6.19. The van der Waals surface area contributed by atoms with Crippen molar-refractivity contribution in [1.82, 2.24) is 4.98 Å². The van der Waals surface area contributed by atoms with E-state index in [9.17, 15) is 0 Å². The summed E-state index contributed by atoms with van der Waals surface area (Å²) in [4.78, 5) is 4.47. The van der Waals surface area contributed by atoms with Crippen LogP contribution in [0.4, 0.5) is 5.82 Å². The van der Waals surface area contributed by atoms with Gasteiger partial charge >= 0.3 is 0 Å². The monoisotopic (exact) mass is 224 g/mol. The Hall–Kier alpha value is -1.83. The van der Waals surface area contributed by atoms with Crippen molar-refractivity contribution in [2.75, 3.05) is 5.32 Å².